The highest BCUT2D eigenvalue weighted by atomic mass is 32.1. The highest BCUT2D eigenvalue weighted by Gasteiger charge is 2.19. The molecule has 0 aromatic carbocycles. The van der Waals surface area contributed by atoms with Crippen LogP contribution in [-0.2, 0) is 4.74 Å². The fraction of sp³-hybridized carbons (Fsp3) is 0.636. The Labute approximate surface area is 101 Å². The van der Waals surface area contributed by atoms with Gasteiger partial charge in [0, 0.05) is 24.0 Å². The molecule has 5 heteroatoms. The topological polar surface area (TPSA) is 56.5 Å². The van der Waals surface area contributed by atoms with Crippen LogP contribution in [0, 0.1) is 5.92 Å². The standard InChI is InChI=1S/C11H20N2O2S/c1-8(4-5-14-2)11(13-12)10-6-9(15-3)7-16-10/h6-8,11,13H,4-5,12H2,1-3H3. The molecule has 3 N–H and O–H groups in total. The van der Waals surface area contributed by atoms with Crippen LogP contribution in [0.5, 0.6) is 5.75 Å². The minimum Gasteiger partial charge on any atom is -0.496 e. The van der Waals surface area contributed by atoms with E-state index in [2.05, 4.69) is 12.3 Å². The number of nitrogens with one attached hydrogen (secondary N) is 1. The zero-order valence-corrected chi connectivity index (χ0v) is 10.8. The molecule has 0 aliphatic carbocycles. The smallest absolute Gasteiger partial charge is 0.129 e. The first kappa shape index (κ1) is 13.4. The number of methoxy groups -OCH3 is 2. The maximum atomic E-state index is 5.60. The summed E-state index contributed by atoms with van der Waals surface area (Å²) in [5, 5.41) is 1.99. The lowest BCUT2D eigenvalue weighted by molar-refractivity contribution is 0.170. The van der Waals surface area contributed by atoms with Crippen LogP contribution in [0.25, 0.3) is 0 Å². The summed E-state index contributed by atoms with van der Waals surface area (Å²) >= 11 is 1.66. The third-order valence-corrected chi connectivity index (χ3v) is 3.66. The van der Waals surface area contributed by atoms with Crippen molar-refractivity contribution in [1.82, 2.24) is 5.43 Å². The van der Waals surface area contributed by atoms with Gasteiger partial charge in [0.25, 0.3) is 0 Å². The molecule has 1 rings (SSSR count). The molecule has 1 aromatic heterocycles. The van der Waals surface area contributed by atoms with Crippen molar-refractivity contribution in [3.63, 3.8) is 0 Å². The Bertz CT molecular complexity index is 304. The predicted molar refractivity (Wildman–Crippen MR) is 66.6 cm³/mol. The Hall–Kier alpha value is -0.620. The first-order chi connectivity index (χ1) is 7.72. The number of ether oxygens (including phenoxy) is 2. The van der Waals surface area contributed by atoms with E-state index in [1.54, 1.807) is 25.6 Å². The van der Waals surface area contributed by atoms with E-state index in [1.165, 1.54) is 4.88 Å². The van der Waals surface area contributed by atoms with Crippen LogP contribution in [0.15, 0.2) is 11.4 Å². The summed E-state index contributed by atoms with van der Waals surface area (Å²) in [5.74, 6) is 6.92. The van der Waals surface area contributed by atoms with Crippen LogP contribution < -0.4 is 16.0 Å². The van der Waals surface area contributed by atoms with Crippen LogP contribution in [-0.4, -0.2) is 20.8 Å². The van der Waals surface area contributed by atoms with Gasteiger partial charge in [0.1, 0.15) is 5.75 Å². The number of hydrogen-bond acceptors (Lipinski definition) is 5. The number of hydrazine groups is 1. The van der Waals surface area contributed by atoms with Gasteiger partial charge < -0.3 is 9.47 Å². The number of nitrogens with two attached hydrogens (primary N) is 1. The van der Waals surface area contributed by atoms with Crippen LogP contribution in [0.4, 0.5) is 0 Å². The summed E-state index contributed by atoms with van der Waals surface area (Å²) in [4.78, 5) is 1.20. The lowest BCUT2D eigenvalue weighted by atomic mass is 9.98. The second-order valence-electron chi connectivity index (χ2n) is 3.79. The zero-order chi connectivity index (χ0) is 12.0. The van der Waals surface area contributed by atoms with Crippen molar-refractivity contribution in [2.24, 2.45) is 11.8 Å². The van der Waals surface area contributed by atoms with Gasteiger partial charge in [-0.2, -0.15) is 0 Å². The molecule has 92 valence electrons. The summed E-state index contributed by atoms with van der Waals surface area (Å²) in [6, 6.07) is 2.18. The molecule has 0 saturated heterocycles. The third kappa shape index (κ3) is 3.45. The van der Waals surface area contributed by atoms with E-state index in [0.29, 0.717) is 5.92 Å². The molecule has 1 heterocycles. The second kappa shape index (κ2) is 6.85. The van der Waals surface area contributed by atoms with Gasteiger partial charge in [0.05, 0.1) is 13.2 Å². The van der Waals surface area contributed by atoms with E-state index in [-0.39, 0.29) is 6.04 Å². The first-order valence-electron chi connectivity index (χ1n) is 5.30. The largest absolute Gasteiger partial charge is 0.496 e. The monoisotopic (exact) mass is 244 g/mol. The second-order valence-corrected chi connectivity index (χ2v) is 4.73. The third-order valence-electron chi connectivity index (χ3n) is 2.66. The molecular weight excluding hydrogens is 224 g/mol. The lowest BCUT2D eigenvalue weighted by Crippen LogP contribution is -2.32. The number of hydrogen-bond donors (Lipinski definition) is 2. The van der Waals surface area contributed by atoms with Crippen LogP contribution in [0.1, 0.15) is 24.3 Å². The van der Waals surface area contributed by atoms with Crippen LogP contribution >= 0.6 is 11.3 Å². The van der Waals surface area contributed by atoms with E-state index in [0.717, 1.165) is 18.8 Å². The average molecular weight is 244 g/mol. The van der Waals surface area contributed by atoms with E-state index in [9.17, 15) is 0 Å². The highest BCUT2D eigenvalue weighted by Crippen LogP contribution is 2.31. The van der Waals surface area contributed by atoms with E-state index >= 15 is 0 Å². The minimum atomic E-state index is 0.157. The molecule has 1 aromatic rings. The van der Waals surface area contributed by atoms with Crippen molar-refractivity contribution in [3.05, 3.63) is 16.3 Å². The number of rotatable bonds is 7. The van der Waals surface area contributed by atoms with Crippen LogP contribution in [0.3, 0.4) is 0 Å². The quantitative estimate of drug-likeness (QED) is 0.568. The molecule has 2 unspecified atom stereocenters. The van der Waals surface area contributed by atoms with E-state index in [4.69, 9.17) is 15.3 Å². The van der Waals surface area contributed by atoms with Gasteiger partial charge in [0.2, 0.25) is 0 Å². The van der Waals surface area contributed by atoms with Gasteiger partial charge >= 0.3 is 0 Å². The van der Waals surface area contributed by atoms with Crippen molar-refractivity contribution in [2.75, 3.05) is 20.8 Å². The van der Waals surface area contributed by atoms with E-state index in [1.807, 2.05) is 11.4 Å². The molecule has 2 atom stereocenters. The Morgan fingerprint density at radius 2 is 2.25 bits per heavy atom. The average Bonchev–Trinajstić information content (AvgIpc) is 2.76. The Morgan fingerprint density at radius 3 is 2.75 bits per heavy atom. The summed E-state index contributed by atoms with van der Waals surface area (Å²) in [5.41, 5.74) is 2.86. The molecule has 0 amide bonds. The molecule has 16 heavy (non-hydrogen) atoms. The fourth-order valence-electron chi connectivity index (χ4n) is 1.60. The molecule has 0 saturated carbocycles. The summed E-state index contributed by atoms with van der Waals surface area (Å²) in [6.45, 7) is 2.91. The highest BCUT2D eigenvalue weighted by molar-refractivity contribution is 7.10. The maximum Gasteiger partial charge on any atom is 0.129 e. The van der Waals surface area contributed by atoms with Crippen molar-refractivity contribution in [3.8, 4) is 5.75 Å². The Balaban J connectivity index is 2.65. The van der Waals surface area contributed by atoms with Gasteiger partial charge in [-0.3, -0.25) is 11.3 Å². The van der Waals surface area contributed by atoms with Crippen molar-refractivity contribution < 1.29 is 9.47 Å². The van der Waals surface area contributed by atoms with Crippen LogP contribution in [0.2, 0.25) is 0 Å². The molecule has 0 aliphatic rings. The maximum absolute atomic E-state index is 5.60. The van der Waals surface area contributed by atoms with Crippen molar-refractivity contribution >= 4 is 11.3 Å². The Morgan fingerprint density at radius 1 is 1.50 bits per heavy atom. The summed E-state index contributed by atoms with van der Waals surface area (Å²) < 4.78 is 10.2. The minimum absolute atomic E-state index is 0.157. The SMILES string of the molecule is COCCC(C)C(NN)c1cc(OC)cs1. The van der Waals surface area contributed by atoms with Gasteiger partial charge in [-0.15, -0.1) is 11.3 Å². The van der Waals surface area contributed by atoms with Gasteiger partial charge in [-0.25, -0.2) is 0 Å². The van der Waals surface area contributed by atoms with E-state index < -0.39 is 0 Å². The first-order valence-corrected chi connectivity index (χ1v) is 6.18. The summed E-state index contributed by atoms with van der Waals surface area (Å²) in [6.07, 6.45) is 0.978. The number of thiophene rings is 1. The molecule has 0 fully saturated rings. The molecule has 0 aliphatic heterocycles. The van der Waals surface area contributed by atoms with Crippen molar-refractivity contribution in [1.29, 1.82) is 0 Å². The molecule has 0 bridgehead atoms. The summed E-state index contributed by atoms with van der Waals surface area (Å²) in [7, 11) is 3.39. The Kier molecular flexibility index (Phi) is 5.76. The van der Waals surface area contributed by atoms with Gasteiger partial charge in [0.15, 0.2) is 0 Å². The molecular formula is C11H20N2O2S. The van der Waals surface area contributed by atoms with Gasteiger partial charge in [-0.1, -0.05) is 6.92 Å². The predicted octanol–water partition coefficient (Wildman–Crippen LogP) is 1.93. The van der Waals surface area contributed by atoms with Gasteiger partial charge in [-0.05, 0) is 18.4 Å². The fourth-order valence-corrected chi connectivity index (χ4v) is 2.65. The zero-order valence-electron chi connectivity index (χ0n) is 10.0. The van der Waals surface area contributed by atoms with Crippen molar-refractivity contribution in [2.45, 2.75) is 19.4 Å². The normalized spacial score (nSPS) is 14.8. The lowest BCUT2D eigenvalue weighted by Gasteiger charge is -2.21. The molecule has 0 spiro atoms. The molecule has 0 radical (unpaired) electrons. The molecule has 4 nitrogen and oxygen atoms in total.